The Morgan fingerprint density at radius 3 is 2.52 bits per heavy atom. The molecule has 0 spiro atoms. The molecule has 0 unspecified atom stereocenters. The SMILES string of the molecule is Cn1cc(-c2cnn(Cc3ccccc3)c2)c(-c2ccc(=O)[nH]c2)cc1=O. The van der Waals surface area contributed by atoms with Crippen LogP contribution < -0.4 is 11.1 Å². The molecule has 3 heterocycles. The van der Waals surface area contributed by atoms with Gasteiger partial charge in [0.2, 0.25) is 5.56 Å². The minimum absolute atomic E-state index is 0.114. The van der Waals surface area contributed by atoms with E-state index < -0.39 is 0 Å². The van der Waals surface area contributed by atoms with Crippen molar-refractivity contribution in [3.8, 4) is 22.3 Å². The van der Waals surface area contributed by atoms with Crippen LogP contribution in [0.1, 0.15) is 5.56 Å². The lowest BCUT2D eigenvalue weighted by Crippen LogP contribution is -2.15. The van der Waals surface area contributed by atoms with E-state index in [-0.39, 0.29) is 11.1 Å². The molecule has 6 nitrogen and oxygen atoms in total. The fourth-order valence-corrected chi connectivity index (χ4v) is 3.04. The summed E-state index contributed by atoms with van der Waals surface area (Å²) in [5.74, 6) is 0. The van der Waals surface area contributed by atoms with E-state index in [9.17, 15) is 9.59 Å². The van der Waals surface area contributed by atoms with Gasteiger partial charge < -0.3 is 9.55 Å². The largest absolute Gasteiger partial charge is 0.328 e. The third kappa shape index (κ3) is 3.50. The number of benzene rings is 1. The van der Waals surface area contributed by atoms with Gasteiger partial charge in [-0.3, -0.25) is 14.3 Å². The summed E-state index contributed by atoms with van der Waals surface area (Å²) in [5, 5.41) is 4.46. The first-order chi connectivity index (χ1) is 13.1. The average molecular weight is 358 g/mol. The van der Waals surface area contributed by atoms with Crippen LogP contribution in [-0.4, -0.2) is 19.3 Å². The van der Waals surface area contributed by atoms with Crippen molar-refractivity contribution >= 4 is 0 Å². The van der Waals surface area contributed by atoms with E-state index in [1.165, 1.54) is 6.07 Å². The summed E-state index contributed by atoms with van der Waals surface area (Å²) in [6, 6.07) is 14.8. The predicted octanol–water partition coefficient (Wildman–Crippen LogP) is 2.65. The minimum Gasteiger partial charge on any atom is -0.328 e. The quantitative estimate of drug-likeness (QED) is 0.610. The van der Waals surface area contributed by atoms with Gasteiger partial charge >= 0.3 is 0 Å². The molecule has 0 bridgehead atoms. The maximum atomic E-state index is 12.2. The van der Waals surface area contributed by atoms with Gasteiger partial charge in [-0.1, -0.05) is 30.3 Å². The van der Waals surface area contributed by atoms with Crippen LogP contribution in [-0.2, 0) is 13.6 Å². The number of nitrogens with one attached hydrogen (secondary N) is 1. The molecule has 3 aromatic heterocycles. The van der Waals surface area contributed by atoms with Gasteiger partial charge in [-0.15, -0.1) is 0 Å². The van der Waals surface area contributed by atoms with Crippen LogP contribution in [0.3, 0.4) is 0 Å². The highest BCUT2D eigenvalue weighted by molar-refractivity contribution is 5.81. The maximum Gasteiger partial charge on any atom is 0.250 e. The topological polar surface area (TPSA) is 72.7 Å². The Hall–Kier alpha value is -3.67. The fraction of sp³-hybridized carbons (Fsp3) is 0.0952. The van der Waals surface area contributed by atoms with E-state index in [1.54, 1.807) is 42.3 Å². The Morgan fingerprint density at radius 1 is 0.963 bits per heavy atom. The van der Waals surface area contributed by atoms with Gasteiger partial charge in [-0.2, -0.15) is 5.10 Å². The number of aromatic amines is 1. The molecular weight excluding hydrogens is 340 g/mol. The second-order valence-corrected chi connectivity index (χ2v) is 6.40. The molecule has 0 radical (unpaired) electrons. The Bertz CT molecular complexity index is 1180. The second-order valence-electron chi connectivity index (χ2n) is 6.40. The first-order valence-electron chi connectivity index (χ1n) is 8.57. The molecule has 0 fully saturated rings. The molecule has 27 heavy (non-hydrogen) atoms. The smallest absolute Gasteiger partial charge is 0.250 e. The highest BCUT2D eigenvalue weighted by Gasteiger charge is 2.12. The molecule has 134 valence electrons. The van der Waals surface area contributed by atoms with Gasteiger partial charge in [0.15, 0.2) is 0 Å². The highest BCUT2D eigenvalue weighted by atomic mass is 16.1. The first-order valence-corrected chi connectivity index (χ1v) is 8.57. The van der Waals surface area contributed by atoms with E-state index in [4.69, 9.17) is 0 Å². The van der Waals surface area contributed by atoms with Crippen LogP contribution >= 0.6 is 0 Å². The monoisotopic (exact) mass is 358 g/mol. The summed E-state index contributed by atoms with van der Waals surface area (Å²) in [6.07, 6.45) is 7.17. The lowest BCUT2D eigenvalue weighted by Gasteiger charge is -2.10. The van der Waals surface area contributed by atoms with Gasteiger partial charge in [0, 0.05) is 48.9 Å². The van der Waals surface area contributed by atoms with Crippen LogP contribution in [0.15, 0.2) is 82.9 Å². The van der Waals surface area contributed by atoms with E-state index in [0.717, 1.165) is 27.8 Å². The summed E-state index contributed by atoms with van der Waals surface area (Å²) in [4.78, 5) is 26.2. The van der Waals surface area contributed by atoms with E-state index >= 15 is 0 Å². The summed E-state index contributed by atoms with van der Waals surface area (Å²) >= 11 is 0. The molecule has 1 N–H and O–H groups in total. The average Bonchev–Trinajstić information content (AvgIpc) is 3.13. The fourth-order valence-electron chi connectivity index (χ4n) is 3.04. The van der Waals surface area contributed by atoms with Crippen LogP contribution in [0.2, 0.25) is 0 Å². The third-order valence-electron chi connectivity index (χ3n) is 4.46. The Balaban J connectivity index is 1.77. The lowest BCUT2D eigenvalue weighted by molar-refractivity contribution is 0.687. The molecule has 0 saturated carbocycles. The van der Waals surface area contributed by atoms with Crippen LogP contribution in [0.5, 0.6) is 0 Å². The number of H-pyrrole nitrogens is 1. The molecule has 0 aliphatic carbocycles. The maximum absolute atomic E-state index is 12.2. The van der Waals surface area contributed by atoms with Crippen molar-refractivity contribution in [2.45, 2.75) is 6.54 Å². The van der Waals surface area contributed by atoms with Crippen LogP contribution in [0.25, 0.3) is 22.3 Å². The van der Waals surface area contributed by atoms with Gasteiger partial charge in [-0.05, 0) is 22.8 Å². The van der Waals surface area contributed by atoms with Crippen molar-refractivity contribution in [3.05, 3.63) is 99.6 Å². The number of pyridine rings is 2. The number of aryl methyl sites for hydroxylation is 1. The van der Waals surface area contributed by atoms with Gasteiger partial charge in [0.05, 0.1) is 12.7 Å². The first kappa shape index (κ1) is 16.8. The Labute approximate surface area is 155 Å². The van der Waals surface area contributed by atoms with Crippen LogP contribution in [0.4, 0.5) is 0 Å². The zero-order chi connectivity index (χ0) is 18.8. The van der Waals surface area contributed by atoms with E-state index in [2.05, 4.69) is 22.2 Å². The number of rotatable bonds is 4. The predicted molar refractivity (Wildman–Crippen MR) is 105 cm³/mol. The molecule has 4 rings (SSSR count). The summed E-state index contributed by atoms with van der Waals surface area (Å²) in [6.45, 7) is 0.667. The van der Waals surface area contributed by atoms with Gasteiger partial charge in [-0.25, -0.2) is 0 Å². The van der Waals surface area contributed by atoms with Gasteiger partial charge in [0.1, 0.15) is 0 Å². The Kier molecular flexibility index (Phi) is 4.30. The third-order valence-corrected chi connectivity index (χ3v) is 4.46. The Morgan fingerprint density at radius 2 is 1.78 bits per heavy atom. The van der Waals surface area contributed by atoms with E-state index in [0.29, 0.717) is 6.54 Å². The molecule has 4 aromatic rings. The number of nitrogens with zero attached hydrogens (tertiary/aromatic N) is 3. The standard InChI is InChI=1S/C21H18N4O2/c1-24-14-19(18(9-21(24)27)16-7-8-20(26)22-10-16)17-11-23-25(13-17)12-15-5-3-2-4-6-15/h2-11,13-14H,12H2,1H3,(H,22,26). The highest BCUT2D eigenvalue weighted by Crippen LogP contribution is 2.29. The van der Waals surface area contributed by atoms with Crippen molar-refractivity contribution in [2.75, 3.05) is 0 Å². The molecule has 1 aromatic carbocycles. The molecule has 0 saturated heterocycles. The molecule has 0 aliphatic heterocycles. The van der Waals surface area contributed by atoms with Crippen molar-refractivity contribution in [1.29, 1.82) is 0 Å². The number of hydrogen-bond donors (Lipinski definition) is 1. The summed E-state index contributed by atoms with van der Waals surface area (Å²) < 4.78 is 3.41. The molecule has 6 heteroatoms. The van der Waals surface area contributed by atoms with Crippen molar-refractivity contribution in [2.24, 2.45) is 7.05 Å². The molecular formula is C21H18N4O2. The second kappa shape index (κ2) is 6.92. The van der Waals surface area contributed by atoms with Crippen molar-refractivity contribution in [3.63, 3.8) is 0 Å². The van der Waals surface area contributed by atoms with Crippen molar-refractivity contribution < 1.29 is 0 Å². The zero-order valence-corrected chi connectivity index (χ0v) is 14.8. The number of hydrogen-bond acceptors (Lipinski definition) is 3. The molecule has 0 atom stereocenters. The number of aromatic nitrogens is 4. The minimum atomic E-state index is -0.181. The van der Waals surface area contributed by atoms with Gasteiger partial charge in [0.25, 0.3) is 5.56 Å². The van der Waals surface area contributed by atoms with Crippen LogP contribution in [0, 0.1) is 0 Å². The summed E-state index contributed by atoms with van der Waals surface area (Å²) in [7, 11) is 1.72. The zero-order valence-electron chi connectivity index (χ0n) is 14.8. The summed E-state index contributed by atoms with van der Waals surface area (Å²) in [5.41, 5.74) is 4.18. The molecule has 0 aliphatic rings. The van der Waals surface area contributed by atoms with E-state index in [1.807, 2.05) is 29.1 Å². The van der Waals surface area contributed by atoms with Crippen molar-refractivity contribution in [1.82, 2.24) is 19.3 Å². The lowest BCUT2D eigenvalue weighted by atomic mass is 9.99. The molecule has 0 amide bonds. The normalized spacial score (nSPS) is 10.9.